The molecule has 0 atom stereocenters. The quantitative estimate of drug-likeness (QED) is 0.371. The normalized spacial score (nSPS) is 14.0. The average Bonchev–Trinajstić information content (AvgIpc) is 2.95. The summed E-state index contributed by atoms with van der Waals surface area (Å²) in [4.78, 5) is 30.8. The van der Waals surface area contributed by atoms with Gasteiger partial charge in [0.05, 0.1) is 19.0 Å². The summed E-state index contributed by atoms with van der Waals surface area (Å²) in [6, 6.07) is 24.4. The lowest BCUT2D eigenvalue weighted by molar-refractivity contribution is 0.0614. The summed E-state index contributed by atoms with van der Waals surface area (Å²) >= 11 is 0. The molecule has 8 heteroatoms. The van der Waals surface area contributed by atoms with Crippen LogP contribution in [0.5, 0.6) is 11.5 Å². The summed E-state index contributed by atoms with van der Waals surface area (Å²) in [5.74, 6) is 1.45. The molecule has 8 nitrogen and oxygen atoms in total. The van der Waals surface area contributed by atoms with Gasteiger partial charge < -0.3 is 14.4 Å². The first kappa shape index (κ1) is 24.5. The summed E-state index contributed by atoms with van der Waals surface area (Å²) in [6.07, 6.45) is 0. The van der Waals surface area contributed by atoms with Gasteiger partial charge in [0, 0.05) is 38.1 Å². The largest absolute Gasteiger partial charge is 0.497 e. The van der Waals surface area contributed by atoms with Gasteiger partial charge in [-0.25, -0.2) is 4.68 Å². The molecule has 4 aromatic rings. The van der Waals surface area contributed by atoms with Crippen molar-refractivity contribution in [1.29, 1.82) is 0 Å². The number of carbonyl (C=O) groups excluding carboxylic acids is 1. The van der Waals surface area contributed by atoms with Crippen molar-refractivity contribution in [1.82, 2.24) is 19.6 Å². The number of rotatable bonds is 8. The summed E-state index contributed by atoms with van der Waals surface area (Å²) in [7, 11) is 1.64. The molecule has 0 aliphatic carbocycles. The Bertz CT molecular complexity index is 1410. The molecule has 3 aromatic carbocycles. The topological polar surface area (TPSA) is 76.9 Å². The third kappa shape index (κ3) is 5.65. The minimum Gasteiger partial charge on any atom is -0.497 e. The van der Waals surface area contributed by atoms with Crippen LogP contribution < -0.4 is 15.0 Å². The van der Waals surface area contributed by atoms with Gasteiger partial charge in [0.1, 0.15) is 18.1 Å². The molecular formula is C29H30N4O4. The van der Waals surface area contributed by atoms with Gasteiger partial charge in [0.2, 0.25) is 0 Å². The summed E-state index contributed by atoms with van der Waals surface area (Å²) in [5.41, 5.74) is 1.08. The Hall–Kier alpha value is -4.17. The molecule has 1 saturated heterocycles. The molecule has 1 aliphatic heterocycles. The van der Waals surface area contributed by atoms with Crippen molar-refractivity contribution >= 4 is 16.7 Å². The van der Waals surface area contributed by atoms with E-state index in [2.05, 4.69) is 10.00 Å². The number of aromatic nitrogens is 2. The fourth-order valence-electron chi connectivity index (χ4n) is 4.55. The van der Waals surface area contributed by atoms with Crippen molar-refractivity contribution < 1.29 is 14.3 Å². The smallest absolute Gasteiger partial charge is 0.275 e. The van der Waals surface area contributed by atoms with Gasteiger partial charge >= 0.3 is 0 Å². The Kier molecular flexibility index (Phi) is 7.46. The van der Waals surface area contributed by atoms with Crippen molar-refractivity contribution in [3.63, 3.8) is 0 Å². The zero-order chi connectivity index (χ0) is 25.6. The molecular weight excluding hydrogens is 468 g/mol. The van der Waals surface area contributed by atoms with Crippen molar-refractivity contribution in [2.45, 2.75) is 6.54 Å². The second-order valence-electron chi connectivity index (χ2n) is 9.00. The Balaban J connectivity index is 1.24. The molecule has 0 N–H and O–H groups in total. The number of ether oxygens (including phenoxy) is 2. The minimum atomic E-state index is -0.197. The van der Waals surface area contributed by atoms with E-state index in [9.17, 15) is 9.59 Å². The number of piperazine rings is 1. The molecule has 2 heterocycles. The Morgan fingerprint density at radius 2 is 1.49 bits per heavy atom. The molecule has 1 amide bonds. The highest BCUT2D eigenvalue weighted by molar-refractivity contribution is 6.04. The first-order valence-electron chi connectivity index (χ1n) is 12.4. The first-order valence-corrected chi connectivity index (χ1v) is 12.4. The highest BCUT2D eigenvalue weighted by atomic mass is 16.5. The fraction of sp³-hybridized carbons (Fsp3) is 0.276. The van der Waals surface area contributed by atoms with Crippen molar-refractivity contribution in [3.8, 4) is 11.5 Å². The van der Waals surface area contributed by atoms with Crippen LogP contribution >= 0.6 is 0 Å². The van der Waals surface area contributed by atoms with E-state index in [4.69, 9.17) is 9.47 Å². The van der Waals surface area contributed by atoms with Crippen LogP contribution in [0, 0.1) is 0 Å². The van der Waals surface area contributed by atoms with Crippen molar-refractivity contribution in [2.24, 2.45) is 0 Å². The molecule has 1 fully saturated rings. The van der Waals surface area contributed by atoms with Gasteiger partial charge in [-0.05, 0) is 35.9 Å². The van der Waals surface area contributed by atoms with E-state index in [-0.39, 0.29) is 11.5 Å². The lowest BCUT2D eigenvalue weighted by Gasteiger charge is -2.34. The second kappa shape index (κ2) is 11.3. The fourth-order valence-corrected chi connectivity index (χ4v) is 4.55. The van der Waals surface area contributed by atoms with E-state index in [0.29, 0.717) is 42.7 Å². The maximum atomic E-state index is 13.6. The van der Waals surface area contributed by atoms with Crippen LogP contribution in [0.15, 0.2) is 83.7 Å². The summed E-state index contributed by atoms with van der Waals surface area (Å²) in [5, 5.41) is 5.66. The monoisotopic (exact) mass is 498 g/mol. The number of hydrogen-bond acceptors (Lipinski definition) is 6. The van der Waals surface area contributed by atoms with E-state index in [1.165, 1.54) is 4.68 Å². The third-order valence-electron chi connectivity index (χ3n) is 6.64. The summed E-state index contributed by atoms with van der Waals surface area (Å²) in [6.45, 7) is 4.34. The van der Waals surface area contributed by atoms with Crippen LogP contribution in [-0.4, -0.2) is 71.9 Å². The van der Waals surface area contributed by atoms with Gasteiger partial charge in [-0.2, -0.15) is 5.10 Å². The number of amides is 1. The minimum absolute atomic E-state index is 0.146. The van der Waals surface area contributed by atoms with Crippen LogP contribution in [0.3, 0.4) is 0 Å². The number of carbonyl (C=O) groups is 1. The van der Waals surface area contributed by atoms with Crippen LogP contribution in [-0.2, 0) is 6.54 Å². The standard InChI is InChI=1S/C29H30N4O4/c1-36-23-11-13-24(14-12-23)37-20-19-31-15-17-32(18-16-31)29(35)27-25-9-5-6-10-26(25)28(34)33(30-27)21-22-7-3-2-4-8-22/h2-14H,15-21H2,1H3. The molecule has 1 aromatic heterocycles. The zero-order valence-corrected chi connectivity index (χ0v) is 20.9. The first-order chi connectivity index (χ1) is 18.1. The maximum absolute atomic E-state index is 13.6. The molecule has 190 valence electrons. The molecule has 0 radical (unpaired) electrons. The highest BCUT2D eigenvalue weighted by Gasteiger charge is 2.26. The predicted molar refractivity (Wildman–Crippen MR) is 142 cm³/mol. The Morgan fingerprint density at radius 1 is 0.838 bits per heavy atom. The van der Waals surface area contributed by atoms with E-state index in [0.717, 1.165) is 36.7 Å². The van der Waals surface area contributed by atoms with Crippen LogP contribution in [0.25, 0.3) is 10.8 Å². The number of hydrogen-bond donors (Lipinski definition) is 0. The Labute approximate surface area is 215 Å². The highest BCUT2D eigenvalue weighted by Crippen LogP contribution is 2.18. The SMILES string of the molecule is COc1ccc(OCCN2CCN(C(=O)c3nn(Cc4ccccc4)c(=O)c4ccccc34)CC2)cc1. The van der Waals surface area contributed by atoms with E-state index >= 15 is 0 Å². The predicted octanol–water partition coefficient (Wildman–Crippen LogP) is 3.29. The lowest BCUT2D eigenvalue weighted by atomic mass is 10.1. The number of fused-ring (bicyclic) bond motifs is 1. The molecule has 0 saturated carbocycles. The van der Waals surface area contributed by atoms with Crippen LogP contribution in [0.4, 0.5) is 0 Å². The number of nitrogens with zero attached hydrogens (tertiary/aromatic N) is 4. The molecule has 0 unspecified atom stereocenters. The van der Waals surface area contributed by atoms with Crippen molar-refractivity contribution in [3.05, 3.63) is 100 Å². The third-order valence-corrected chi connectivity index (χ3v) is 6.64. The second-order valence-corrected chi connectivity index (χ2v) is 9.00. The van der Waals surface area contributed by atoms with Gasteiger partial charge in [-0.1, -0.05) is 48.5 Å². The number of benzene rings is 3. The lowest BCUT2D eigenvalue weighted by Crippen LogP contribution is -2.50. The zero-order valence-electron chi connectivity index (χ0n) is 20.9. The number of methoxy groups -OCH3 is 1. The van der Waals surface area contributed by atoms with Crippen LogP contribution in [0.1, 0.15) is 16.1 Å². The van der Waals surface area contributed by atoms with Gasteiger partial charge in [0.15, 0.2) is 5.69 Å². The van der Waals surface area contributed by atoms with Crippen LogP contribution in [0.2, 0.25) is 0 Å². The average molecular weight is 499 g/mol. The molecule has 0 spiro atoms. The molecule has 5 rings (SSSR count). The van der Waals surface area contributed by atoms with Gasteiger partial charge in [-0.15, -0.1) is 0 Å². The van der Waals surface area contributed by atoms with Gasteiger partial charge in [-0.3, -0.25) is 14.5 Å². The molecule has 1 aliphatic rings. The van der Waals surface area contributed by atoms with Crippen molar-refractivity contribution in [2.75, 3.05) is 46.4 Å². The van der Waals surface area contributed by atoms with E-state index < -0.39 is 0 Å². The van der Waals surface area contributed by atoms with Gasteiger partial charge in [0.25, 0.3) is 11.5 Å². The molecule has 37 heavy (non-hydrogen) atoms. The van der Waals surface area contributed by atoms with E-state index in [1.807, 2.05) is 71.6 Å². The maximum Gasteiger partial charge on any atom is 0.275 e. The summed E-state index contributed by atoms with van der Waals surface area (Å²) < 4.78 is 12.4. The molecule has 0 bridgehead atoms. The Morgan fingerprint density at radius 3 is 2.19 bits per heavy atom. The van der Waals surface area contributed by atoms with E-state index in [1.54, 1.807) is 19.2 Å².